The Balaban J connectivity index is 1.60. The number of nitrogens with zero attached hydrogens (tertiary/aromatic N) is 2. The van der Waals surface area contributed by atoms with Gasteiger partial charge in [-0.1, -0.05) is 17.3 Å². The van der Waals surface area contributed by atoms with Crippen molar-refractivity contribution in [1.82, 2.24) is 15.1 Å². The lowest BCUT2D eigenvalue weighted by molar-refractivity contribution is 0.271. The number of rotatable bonds is 8. The summed E-state index contributed by atoms with van der Waals surface area (Å²) in [4.78, 5) is 18.0. The molecule has 0 aliphatic carbocycles. The first-order valence-electron chi connectivity index (χ1n) is 10.7. The fourth-order valence-electron chi connectivity index (χ4n) is 3.69. The molecule has 0 unspecified atom stereocenters. The van der Waals surface area contributed by atoms with Gasteiger partial charge in [0.1, 0.15) is 23.8 Å². The SMILES string of the molecule is CCOc1cccc(-c2nc(Cc3c(C)cc(OCc4noc(=O)[nH]4)c(F)c3C)ccc2O)c1. The van der Waals surface area contributed by atoms with E-state index in [2.05, 4.69) is 19.6 Å². The van der Waals surface area contributed by atoms with Crippen LogP contribution in [0.15, 0.2) is 51.8 Å². The maximum Gasteiger partial charge on any atom is 0.439 e. The summed E-state index contributed by atoms with van der Waals surface area (Å²) in [5, 5.41) is 13.9. The number of aromatic amines is 1. The molecule has 9 heteroatoms. The number of pyridine rings is 1. The first-order chi connectivity index (χ1) is 16.4. The molecule has 0 atom stereocenters. The minimum absolute atomic E-state index is 0.0478. The first-order valence-corrected chi connectivity index (χ1v) is 10.7. The Bertz CT molecular complexity index is 1380. The van der Waals surface area contributed by atoms with Crippen LogP contribution in [0.2, 0.25) is 0 Å². The quantitative estimate of drug-likeness (QED) is 0.395. The maximum absolute atomic E-state index is 15.1. The van der Waals surface area contributed by atoms with Gasteiger partial charge >= 0.3 is 5.76 Å². The second-order valence-electron chi connectivity index (χ2n) is 7.75. The Hall–Kier alpha value is -4.14. The van der Waals surface area contributed by atoms with Crippen LogP contribution in [0.5, 0.6) is 17.2 Å². The van der Waals surface area contributed by atoms with Gasteiger partial charge in [-0.2, -0.15) is 0 Å². The second kappa shape index (κ2) is 9.78. The lowest BCUT2D eigenvalue weighted by atomic mass is 9.97. The van der Waals surface area contributed by atoms with Gasteiger partial charge in [0.15, 0.2) is 17.4 Å². The van der Waals surface area contributed by atoms with Crippen LogP contribution in [-0.2, 0) is 13.0 Å². The average molecular weight is 465 g/mol. The molecular weight excluding hydrogens is 441 g/mol. The fourth-order valence-corrected chi connectivity index (χ4v) is 3.69. The highest BCUT2D eigenvalue weighted by Crippen LogP contribution is 2.32. The Labute approximate surface area is 195 Å². The number of hydrogen-bond donors (Lipinski definition) is 2. The van der Waals surface area contributed by atoms with E-state index in [4.69, 9.17) is 9.47 Å². The van der Waals surface area contributed by atoms with E-state index in [0.29, 0.717) is 35.7 Å². The van der Waals surface area contributed by atoms with Crippen LogP contribution in [0.1, 0.15) is 35.1 Å². The monoisotopic (exact) mass is 465 g/mol. The van der Waals surface area contributed by atoms with Crippen molar-refractivity contribution in [3.05, 3.63) is 87.0 Å². The largest absolute Gasteiger partial charge is 0.506 e. The van der Waals surface area contributed by atoms with Gasteiger partial charge in [0.2, 0.25) is 0 Å². The minimum Gasteiger partial charge on any atom is -0.506 e. The van der Waals surface area contributed by atoms with Crippen molar-refractivity contribution < 1.29 is 23.5 Å². The zero-order valence-corrected chi connectivity index (χ0v) is 19.0. The van der Waals surface area contributed by atoms with Crippen LogP contribution in [0.4, 0.5) is 4.39 Å². The van der Waals surface area contributed by atoms with Crippen LogP contribution < -0.4 is 15.2 Å². The molecule has 2 heterocycles. The highest BCUT2D eigenvalue weighted by molar-refractivity contribution is 5.67. The molecule has 0 bridgehead atoms. The predicted octanol–water partition coefficient (Wildman–Crippen LogP) is 4.45. The summed E-state index contributed by atoms with van der Waals surface area (Å²) in [7, 11) is 0. The molecule has 0 aliphatic heterocycles. The molecule has 4 aromatic rings. The highest BCUT2D eigenvalue weighted by Gasteiger charge is 2.17. The van der Waals surface area contributed by atoms with E-state index < -0.39 is 11.6 Å². The molecule has 0 spiro atoms. The number of H-pyrrole nitrogens is 1. The van der Waals surface area contributed by atoms with Crippen molar-refractivity contribution >= 4 is 0 Å². The third-order valence-electron chi connectivity index (χ3n) is 5.38. The normalized spacial score (nSPS) is 10.9. The molecule has 8 nitrogen and oxygen atoms in total. The van der Waals surface area contributed by atoms with E-state index in [1.807, 2.05) is 38.1 Å². The van der Waals surface area contributed by atoms with Crippen LogP contribution in [0.3, 0.4) is 0 Å². The van der Waals surface area contributed by atoms with E-state index in [-0.39, 0.29) is 23.9 Å². The summed E-state index contributed by atoms with van der Waals surface area (Å²) < 4.78 is 30.5. The lowest BCUT2D eigenvalue weighted by Crippen LogP contribution is -2.06. The number of hydrogen-bond acceptors (Lipinski definition) is 7. The van der Waals surface area contributed by atoms with Gasteiger partial charge in [-0.25, -0.2) is 14.2 Å². The molecule has 2 aromatic carbocycles. The van der Waals surface area contributed by atoms with E-state index >= 15 is 4.39 Å². The van der Waals surface area contributed by atoms with Gasteiger partial charge in [0.05, 0.1) is 6.61 Å². The molecule has 2 aromatic heterocycles. The summed E-state index contributed by atoms with van der Waals surface area (Å²) >= 11 is 0. The van der Waals surface area contributed by atoms with E-state index in [1.165, 1.54) is 0 Å². The van der Waals surface area contributed by atoms with Gasteiger partial charge < -0.3 is 14.6 Å². The molecule has 0 saturated carbocycles. The topological polar surface area (TPSA) is 110 Å². The molecule has 0 saturated heterocycles. The fraction of sp³-hybridized carbons (Fsp3) is 0.240. The molecule has 0 radical (unpaired) electrons. The lowest BCUT2D eigenvalue weighted by Gasteiger charge is -2.15. The molecule has 176 valence electrons. The summed E-state index contributed by atoms with van der Waals surface area (Å²) in [5.74, 6) is -0.257. The van der Waals surface area contributed by atoms with Gasteiger partial charge in [-0.3, -0.25) is 9.51 Å². The highest BCUT2D eigenvalue weighted by atomic mass is 19.1. The molecular formula is C25H24FN3O5. The summed E-state index contributed by atoms with van der Waals surface area (Å²) in [6, 6.07) is 12.2. The molecule has 34 heavy (non-hydrogen) atoms. The number of nitrogens with one attached hydrogen (secondary N) is 1. The van der Waals surface area contributed by atoms with Gasteiger partial charge in [-0.15, -0.1) is 0 Å². The number of benzene rings is 2. The standard InChI is InChI=1S/C25H24FN3O5/c1-4-32-18-7-5-6-16(11-18)24-20(30)9-8-17(27-24)12-19-14(2)10-21(23(26)15(19)3)33-13-22-28-25(31)34-29-22/h5-11,30H,4,12-13H2,1-3H3,(H,28,29,31). The summed E-state index contributed by atoms with van der Waals surface area (Å²) in [6.45, 7) is 5.83. The zero-order valence-electron chi connectivity index (χ0n) is 19.0. The Morgan fingerprint density at radius 3 is 2.71 bits per heavy atom. The number of aromatic nitrogens is 3. The van der Waals surface area contributed by atoms with E-state index in [9.17, 15) is 9.90 Å². The van der Waals surface area contributed by atoms with Crippen molar-refractivity contribution in [3.63, 3.8) is 0 Å². The Morgan fingerprint density at radius 1 is 1.15 bits per heavy atom. The molecule has 4 rings (SSSR count). The van der Waals surface area contributed by atoms with Gasteiger partial charge in [0.25, 0.3) is 0 Å². The number of halogens is 1. The van der Waals surface area contributed by atoms with Crippen molar-refractivity contribution in [2.75, 3.05) is 6.61 Å². The Kier molecular flexibility index (Phi) is 6.62. The third kappa shape index (κ3) is 4.93. The number of aryl methyl sites for hydroxylation is 1. The van der Waals surface area contributed by atoms with Gasteiger partial charge in [-0.05, 0) is 67.8 Å². The molecule has 0 fully saturated rings. The summed E-state index contributed by atoms with van der Waals surface area (Å²) in [5.41, 5.74) is 3.84. The van der Waals surface area contributed by atoms with Crippen molar-refractivity contribution in [2.45, 2.75) is 33.8 Å². The summed E-state index contributed by atoms with van der Waals surface area (Å²) in [6.07, 6.45) is 0.365. The van der Waals surface area contributed by atoms with Crippen LogP contribution in [-0.4, -0.2) is 26.8 Å². The maximum atomic E-state index is 15.1. The number of aromatic hydroxyl groups is 1. The predicted molar refractivity (Wildman–Crippen MR) is 123 cm³/mol. The van der Waals surface area contributed by atoms with Crippen molar-refractivity contribution in [1.29, 1.82) is 0 Å². The third-order valence-corrected chi connectivity index (χ3v) is 5.38. The zero-order chi connectivity index (χ0) is 24.2. The Morgan fingerprint density at radius 2 is 1.97 bits per heavy atom. The van der Waals surface area contributed by atoms with E-state index in [0.717, 1.165) is 16.7 Å². The average Bonchev–Trinajstić information content (AvgIpc) is 3.24. The van der Waals surface area contributed by atoms with Crippen molar-refractivity contribution in [3.8, 4) is 28.5 Å². The molecule has 2 N–H and O–H groups in total. The van der Waals surface area contributed by atoms with Crippen molar-refractivity contribution in [2.24, 2.45) is 0 Å². The van der Waals surface area contributed by atoms with Crippen LogP contribution in [0, 0.1) is 19.7 Å². The van der Waals surface area contributed by atoms with Gasteiger partial charge in [0, 0.05) is 17.7 Å². The van der Waals surface area contributed by atoms with Crippen LogP contribution in [0.25, 0.3) is 11.3 Å². The molecule has 0 aliphatic rings. The first kappa shape index (κ1) is 23.0. The van der Waals surface area contributed by atoms with E-state index in [1.54, 1.807) is 25.1 Å². The second-order valence-corrected chi connectivity index (χ2v) is 7.75. The van der Waals surface area contributed by atoms with Crippen LogP contribution >= 0.6 is 0 Å². The minimum atomic E-state index is -0.702. The smallest absolute Gasteiger partial charge is 0.439 e. The molecule has 0 amide bonds. The number of ether oxygens (including phenoxy) is 2.